The van der Waals surface area contributed by atoms with Crippen molar-refractivity contribution in [2.75, 3.05) is 6.61 Å². The lowest BCUT2D eigenvalue weighted by Gasteiger charge is -2.27. The zero-order chi connectivity index (χ0) is 29.5. The molecule has 9 nitrogen and oxygen atoms in total. The molecule has 2 aromatic carbocycles. The van der Waals surface area contributed by atoms with Crippen molar-refractivity contribution in [3.63, 3.8) is 0 Å². The molecule has 0 unspecified atom stereocenters. The van der Waals surface area contributed by atoms with Crippen LogP contribution in [0.5, 0.6) is 5.88 Å². The van der Waals surface area contributed by atoms with Gasteiger partial charge in [-0.1, -0.05) is 11.3 Å². The summed E-state index contributed by atoms with van der Waals surface area (Å²) < 4.78 is 72.4. The number of hydrogen-bond acceptors (Lipinski definition) is 8. The fourth-order valence-corrected chi connectivity index (χ4v) is 5.24. The average molecular weight is 600 g/mol. The van der Waals surface area contributed by atoms with E-state index in [1.54, 1.807) is 11.5 Å². The zero-order valence-corrected chi connectivity index (χ0v) is 22.7. The lowest BCUT2D eigenvalue weighted by molar-refractivity contribution is -0.0589. The maximum Gasteiger partial charge on any atom is 0.335 e. The Bertz CT molecular complexity index is 1840. The Morgan fingerprint density at radius 1 is 1.07 bits per heavy atom. The summed E-state index contributed by atoms with van der Waals surface area (Å²) in [6, 6.07) is 6.32. The standard InChI is InChI=1S/C28H21F4N5O4S/c1-13-35-36-25(42-13)12-41-27-18(29)2-3-22(33-27)17-10-19(30)14(6-20(17)31)9-24-34-26-21(32)7-15(28(38)39)8-23(26)37(24)11-16-4-5-40-16/h2-3,6-8,10,16H,4-5,9,11-12H2,1H3,(H,38,39)/t16-/m0/s1. The fraction of sp³-hybridized carbons (Fsp3) is 0.250. The van der Waals surface area contributed by atoms with Gasteiger partial charge in [-0.05, 0) is 55.3 Å². The van der Waals surface area contributed by atoms with Crippen molar-refractivity contribution in [3.8, 4) is 17.1 Å². The van der Waals surface area contributed by atoms with Gasteiger partial charge < -0.3 is 19.1 Å². The molecule has 1 aliphatic rings. The first-order chi connectivity index (χ1) is 20.2. The predicted octanol–water partition coefficient (Wildman–Crippen LogP) is 5.47. The SMILES string of the molecule is Cc1nnc(COc2nc(-c3cc(F)c(Cc4nc5c(F)cc(C(=O)O)cc5n4C[C@@H]4CCO4)cc3F)ccc2F)s1. The maximum atomic E-state index is 15.4. The molecule has 1 aliphatic heterocycles. The molecule has 1 N–H and O–H groups in total. The summed E-state index contributed by atoms with van der Waals surface area (Å²) in [5, 5.41) is 18.3. The average Bonchev–Trinajstić information content (AvgIpc) is 3.50. The van der Waals surface area contributed by atoms with Crippen LogP contribution in [-0.4, -0.2) is 48.5 Å². The number of carboxylic acids is 1. The van der Waals surface area contributed by atoms with Crippen molar-refractivity contribution < 1.29 is 36.9 Å². The molecular formula is C28H21F4N5O4S. The Kier molecular flexibility index (Phi) is 7.33. The van der Waals surface area contributed by atoms with E-state index in [-0.39, 0.29) is 64.9 Å². The van der Waals surface area contributed by atoms with E-state index in [0.29, 0.717) is 16.6 Å². The fourth-order valence-electron chi connectivity index (χ4n) is 4.61. The van der Waals surface area contributed by atoms with Crippen molar-refractivity contribution in [2.24, 2.45) is 0 Å². The molecular weight excluding hydrogens is 578 g/mol. The highest BCUT2D eigenvalue weighted by atomic mass is 32.1. The number of carboxylic acid groups (broad SMARTS) is 1. The smallest absolute Gasteiger partial charge is 0.335 e. The van der Waals surface area contributed by atoms with E-state index in [9.17, 15) is 18.7 Å². The van der Waals surface area contributed by atoms with Gasteiger partial charge in [0.1, 0.15) is 34.6 Å². The third-order valence-electron chi connectivity index (χ3n) is 6.79. The number of aryl methyl sites for hydroxylation is 1. The second-order valence-electron chi connectivity index (χ2n) is 9.64. The van der Waals surface area contributed by atoms with Crippen molar-refractivity contribution in [1.29, 1.82) is 0 Å². The molecule has 0 aliphatic carbocycles. The third-order valence-corrected chi connectivity index (χ3v) is 7.60. The van der Waals surface area contributed by atoms with E-state index in [0.717, 1.165) is 30.7 Å². The van der Waals surface area contributed by atoms with Gasteiger partial charge in [-0.3, -0.25) is 0 Å². The molecule has 14 heteroatoms. The van der Waals surface area contributed by atoms with Crippen LogP contribution in [0.25, 0.3) is 22.3 Å². The van der Waals surface area contributed by atoms with Crippen LogP contribution in [-0.2, 0) is 24.3 Å². The summed E-state index contributed by atoms with van der Waals surface area (Å²) in [5.41, 5.74) is -0.494. The van der Waals surface area contributed by atoms with Crippen LogP contribution in [0.3, 0.4) is 0 Å². The van der Waals surface area contributed by atoms with Crippen LogP contribution in [0.1, 0.15) is 38.2 Å². The maximum absolute atomic E-state index is 15.4. The highest BCUT2D eigenvalue weighted by molar-refractivity contribution is 7.11. The number of halogens is 4. The molecule has 0 amide bonds. The second-order valence-corrected chi connectivity index (χ2v) is 10.9. The van der Waals surface area contributed by atoms with Gasteiger partial charge in [0.2, 0.25) is 0 Å². The van der Waals surface area contributed by atoms with Gasteiger partial charge in [-0.2, -0.15) is 0 Å². The van der Waals surface area contributed by atoms with Crippen molar-refractivity contribution in [3.05, 3.63) is 86.6 Å². The molecule has 5 aromatic rings. The van der Waals surface area contributed by atoms with E-state index in [4.69, 9.17) is 9.47 Å². The molecule has 0 bridgehead atoms. The van der Waals surface area contributed by atoms with E-state index < -0.39 is 35.1 Å². The van der Waals surface area contributed by atoms with Crippen LogP contribution in [0.2, 0.25) is 0 Å². The summed E-state index contributed by atoms with van der Waals surface area (Å²) >= 11 is 1.26. The highest BCUT2D eigenvalue weighted by Crippen LogP contribution is 2.30. The minimum Gasteiger partial charge on any atom is -0.478 e. The Hall–Kier alpha value is -4.43. The molecule has 0 spiro atoms. The monoisotopic (exact) mass is 599 g/mol. The minimum atomic E-state index is -1.31. The molecule has 1 fully saturated rings. The first kappa shape index (κ1) is 27.7. The van der Waals surface area contributed by atoms with E-state index in [1.807, 2.05) is 0 Å². The number of aromatic carboxylic acids is 1. The van der Waals surface area contributed by atoms with Gasteiger partial charge in [0.05, 0.1) is 29.4 Å². The van der Waals surface area contributed by atoms with Crippen LogP contribution in [0, 0.1) is 30.2 Å². The number of imidazole rings is 1. The number of aromatic nitrogens is 5. The summed E-state index contributed by atoms with van der Waals surface area (Å²) in [4.78, 5) is 19.9. The number of pyridine rings is 1. The minimum absolute atomic E-state index is 0.0552. The number of rotatable bonds is 9. The zero-order valence-electron chi connectivity index (χ0n) is 21.9. The quantitative estimate of drug-likeness (QED) is 0.222. The van der Waals surface area contributed by atoms with E-state index in [1.165, 1.54) is 23.5 Å². The number of ether oxygens (including phenoxy) is 2. The number of fused-ring (bicyclic) bond motifs is 1. The van der Waals surface area contributed by atoms with Crippen LogP contribution < -0.4 is 4.74 Å². The molecule has 0 radical (unpaired) electrons. The normalized spacial score (nSPS) is 14.7. The lowest BCUT2D eigenvalue weighted by Crippen LogP contribution is -2.31. The van der Waals surface area contributed by atoms with Crippen molar-refractivity contribution in [1.82, 2.24) is 24.7 Å². The van der Waals surface area contributed by atoms with Gasteiger partial charge in [0.15, 0.2) is 16.6 Å². The first-order valence-electron chi connectivity index (χ1n) is 12.8. The molecule has 1 saturated heterocycles. The van der Waals surface area contributed by atoms with E-state index >= 15 is 8.78 Å². The third kappa shape index (κ3) is 5.42. The Morgan fingerprint density at radius 2 is 1.88 bits per heavy atom. The van der Waals surface area contributed by atoms with Gasteiger partial charge in [0.25, 0.3) is 5.88 Å². The molecule has 6 rings (SSSR count). The molecule has 1 atom stereocenters. The van der Waals surface area contributed by atoms with E-state index in [2.05, 4.69) is 20.2 Å². The number of carbonyl (C=O) groups is 1. The van der Waals surface area contributed by atoms with Gasteiger partial charge >= 0.3 is 5.97 Å². The molecule has 0 saturated carbocycles. The van der Waals surface area contributed by atoms with Crippen molar-refractivity contribution >= 4 is 28.3 Å². The Labute approximate surface area is 239 Å². The highest BCUT2D eigenvalue weighted by Gasteiger charge is 2.25. The molecule has 3 aromatic heterocycles. The first-order valence-corrected chi connectivity index (χ1v) is 13.6. The van der Waals surface area contributed by atoms with Crippen molar-refractivity contribution in [2.45, 2.75) is 39.0 Å². The van der Waals surface area contributed by atoms with Crippen LogP contribution in [0.15, 0.2) is 36.4 Å². The summed E-state index contributed by atoms with van der Waals surface area (Å²) in [6.07, 6.45) is 0.298. The number of benzene rings is 2. The largest absolute Gasteiger partial charge is 0.478 e. The lowest BCUT2D eigenvalue weighted by atomic mass is 10.0. The number of hydrogen-bond donors (Lipinski definition) is 1. The summed E-state index contributed by atoms with van der Waals surface area (Å²) in [6.45, 7) is 2.44. The Balaban J connectivity index is 1.32. The van der Waals surface area contributed by atoms with Crippen LogP contribution in [0.4, 0.5) is 17.6 Å². The number of nitrogens with zero attached hydrogens (tertiary/aromatic N) is 5. The molecule has 42 heavy (non-hydrogen) atoms. The molecule has 4 heterocycles. The topological polar surface area (TPSA) is 112 Å². The van der Waals surface area contributed by atoms with Gasteiger partial charge in [0, 0.05) is 18.6 Å². The molecule has 216 valence electrons. The summed E-state index contributed by atoms with van der Waals surface area (Å²) in [7, 11) is 0. The van der Waals surface area contributed by atoms with Gasteiger partial charge in [-0.15, -0.1) is 10.2 Å². The van der Waals surface area contributed by atoms with Crippen LogP contribution >= 0.6 is 11.3 Å². The summed E-state index contributed by atoms with van der Waals surface area (Å²) in [5.74, 6) is -4.77. The second kappa shape index (κ2) is 11.1. The predicted molar refractivity (Wildman–Crippen MR) is 142 cm³/mol. The van der Waals surface area contributed by atoms with Gasteiger partial charge in [-0.25, -0.2) is 32.3 Å². The Morgan fingerprint density at radius 3 is 2.57 bits per heavy atom.